The molecule has 0 aliphatic heterocycles. The van der Waals surface area contributed by atoms with E-state index in [2.05, 4.69) is 15.2 Å². The zero-order valence-corrected chi connectivity index (χ0v) is 16.8. The first-order valence-electron chi connectivity index (χ1n) is 8.85. The Balaban J connectivity index is 2.10. The summed E-state index contributed by atoms with van der Waals surface area (Å²) in [7, 11) is -3.85. The van der Waals surface area contributed by atoms with Gasteiger partial charge in [0.25, 0.3) is 5.91 Å². The first kappa shape index (κ1) is 21.7. The molecule has 0 radical (unpaired) electrons. The lowest BCUT2D eigenvalue weighted by Gasteiger charge is -2.19. The van der Waals surface area contributed by atoms with Gasteiger partial charge in [-0.05, 0) is 49.1 Å². The Kier molecular flexibility index (Phi) is 7.42. The lowest BCUT2D eigenvalue weighted by molar-refractivity contribution is -0.123. The fourth-order valence-electron chi connectivity index (χ4n) is 2.45. The third-order valence-electron chi connectivity index (χ3n) is 3.91. The van der Waals surface area contributed by atoms with E-state index in [1.54, 1.807) is 12.1 Å². The van der Waals surface area contributed by atoms with Gasteiger partial charge in [-0.25, -0.2) is 18.2 Å². The van der Waals surface area contributed by atoms with Gasteiger partial charge in [-0.3, -0.25) is 4.79 Å². The Hall–Kier alpha value is -2.58. The van der Waals surface area contributed by atoms with E-state index < -0.39 is 22.0 Å². The molecular weight excluding hydrogens is 381 g/mol. The summed E-state index contributed by atoms with van der Waals surface area (Å²) in [5.74, 6) is -0.857. The van der Waals surface area contributed by atoms with Crippen LogP contribution in [-0.2, 0) is 14.8 Å². The molecule has 2 aromatic rings. The summed E-state index contributed by atoms with van der Waals surface area (Å²) in [5.41, 5.74) is 3.88. The van der Waals surface area contributed by atoms with Crippen molar-refractivity contribution in [1.82, 2.24) is 10.1 Å². The summed E-state index contributed by atoms with van der Waals surface area (Å²) >= 11 is 0. The van der Waals surface area contributed by atoms with Gasteiger partial charge in [0.05, 0.1) is 11.1 Å². The number of amides is 1. The minimum Gasteiger partial charge on any atom is -0.271 e. The minimum absolute atomic E-state index is 0.0811. The highest BCUT2D eigenvalue weighted by atomic mass is 32.2. The molecule has 2 N–H and O–H groups in total. The normalized spacial score (nSPS) is 13.0. The van der Waals surface area contributed by atoms with Gasteiger partial charge in [-0.15, -0.1) is 0 Å². The van der Waals surface area contributed by atoms with Crippen molar-refractivity contribution in [3.63, 3.8) is 0 Å². The van der Waals surface area contributed by atoms with Crippen LogP contribution in [0.2, 0.25) is 0 Å². The van der Waals surface area contributed by atoms with Crippen LogP contribution in [0.25, 0.3) is 0 Å². The number of rotatable bonds is 8. The number of aryl methyl sites for hydroxylation is 1. The molecule has 0 aliphatic carbocycles. The number of benzene rings is 2. The number of nitrogens with zero attached hydrogens (tertiary/aromatic N) is 1. The fourth-order valence-corrected chi connectivity index (χ4v) is 3.66. The van der Waals surface area contributed by atoms with Crippen molar-refractivity contribution in [1.29, 1.82) is 0 Å². The molecule has 0 aliphatic rings. The minimum atomic E-state index is -3.85. The first-order valence-corrected chi connectivity index (χ1v) is 10.3. The molecule has 150 valence electrons. The first-order chi connectivity index (χ1) is 13.2. The molecule has 8 heteroatoms. The molecule has 0 fully saturated rings. The summed E-state index contributed by atoms with van der Waals surface area (Å²) in [6, 6.07) is 11.0. The Labute approximate surface area is 164 Å². The monoisotopic (exact) mass is 405 g/mol. The van der Waals surface area contributed by atoms with Crippen LogP contribution < -0.4 is 10.1 Å². The molecule has 0 saturated carbocycles. The Morgan fingerprint density at radius 1 is 1.11 bits per heavy atom. The summed E-state index contributed by atoms with van der Waals surface area (Å²) in [6.07, 6.45) is 1.67. The van der Waals surface area contributed by atoms with E-state index >= 15 is 0 Å². The molecule has 0 aromatic heterocycles. The second kappa shape index (κ2) is 9.57. The number of hydrogen-bond acceptors (Lipinski definition) is 4. The molecule has 1 amide bonds. The predicted octanol–water partition coefficient (Wildman–Crippen LogP) is 2.98. The highest BCUT2D eigenvalue weighted by Crippen LogP contribution is 2.13. The number of hydrazone groups is 1. The highest BCUT2D eigenvalue weighted by molar-refractivity contribution is 7.89. The van der Waals surface area contributed by atoms with E-state index in [0.717, 1.165) is 5.56 Å². The SMILES string of the molecule is Cc1ccc(S(=O)(=O)N[C@@H](CC(C)C)C(=O)N/N=C\c2ccc(F)cc2)cc1. The fraction of sp³-hybridized carbons (Fsp3) is 0.300. The van der Waals surface area contributed by atoms with Crippen molar-refractivity contribution in [3.8, 4) is 0 Å². The second-order valence-electron chi connectivity index (χ2n) is 6.90. The summed E-state index contributed by atoms with van der Waals surface area (Å²) < 4.78 is 40.6. The van der Waals surface area contributed by atoms with E-state index in [1.807, 2.05) is 20.8 Å². The van der Waals surface area contributed by atoms with Crippen molar-refractivity contribution in [2.45, 2.75) is 38.1 Å². The van der Waals surface area contributed by atoms with E-state index in [9.17, 15) is 17.6 Å². The van der Waals surface area contributed by atoms with Gasteiger partial charge in [-0.2, -0.15) is 9.82 Å². The molecule has 1 atom stereocenters. The number of halogens is 1. The van der Waals surface area contributed by atoms with Crippen molar-refractivity contribution in [2.75, 3.05) is 0 Å². The number of carbonyl (C=O) groups excluding carboxylic acids is 1. The Bertz CT molecular complexity index is 924. The van der Waals surface area contributed by atoms with Crippen molar-refractivity contribution >= 4 is 22.1 Å². The van der Waals surface area contributed by atoms with E-state index in [-0.39, 0.29) is 16.6 Å². The van der Waals surface area contributed by atoms with Gasteiger partial charge in [0.15, 0.2) is 0 Å². The largest absolute Gasteiger partial charge is 0.271 e. The topological polar surface area (TPSA) is 87.6 Å². The molecule has 2 rings (SSSR count). The van der Waals surface area contributed by atoms with Crippen LogP contribution in [0.15, 0.2) is 58.5 Å². The van der Waals surface area contributed by atoms with Gasteiger partial charge in [-0.1, -0.05) is 43.7 Å². The summed E-state index contributed by atoms with van der Waals surface area (Å²) in [6.45, 7) is 5.64. The van der Waals surface area contributed by atoms with Gasteiger partial charge in [0.1, 0.15) is 11.9 Å². The van der Waals surface area contributed by atoms with E-state index in [1.165, 1.54) is 42.6 Å². The molecule has 0 spiro atoms. The zero-order chi connectivity index (χ0) is 20.7. The van der Waals surface area contributed by atoms with Crippen LogP contribution >= 0.6 is 0 Å². The Morgan fingerprint density at radius 2 is 1.71 bits per heavy atom. The van der Waals surface area contributed by atoms with Gasteiger partial charge < -0.3 is 0 Å². The molecular formula is C20H24FN3O3S. The maximum Gasteiger partial charge on any atom is 0.258 e. The second-order valence-corrected chi connectivity index (χ2v) is 8.62. The number of carbonyl (C=O) groups is 1. The molecule has 6 nitrogen and oxygen atoms in total. The zero-order valence-electron chi connectivity index (χ0n) is 16.0. The molecule has 0 bridgehead atoms. The predicted molar refractivity (Wildman–Crippen MR) is 107 cm³/mol. The van der Waals surface area contributed by atoms with Gasteiger partial charge in [0.2, 0.25) is 10.0 Å². The van der Waals surface area contributed by atoms with Crippen LogP contribution in [0.3, 0.4) is 0 Å². The standard InChI is InChI=1S/C20H24FN3O3S/c1-14(2)12-19(24-28(26,27)18-10-4-15(3)5-11-18)20(25)23-22-13-16-6-8-17(21)9-7-16/h4-11,13-14,19,24H,12H2,1-3H3,(H,23,25)/b22-13-/t19-/m0/s1. The lowest BCUT2D eigenvalue weighted by atomic mass is 10.0. The highest BCUT2D eigenvalue weighted by Gasteiger charge is 2.26. The molecule has 2 aromatic carbocycles. The van der Waals surface area contributed by atoms with Gasteiger partial charge in [0, 0.05) is 0 Å². The smallest absolute Gasteiger partial charge is 0.258 e. The maximum absolute atomic E-state index is 12.9. The van der Waals surface area contributed by atoms with Crippen molar-refractivity contribution in [2.24, 2.45) is 11.0 Å². The third kappa shape index (κ3) is 6.54. The maximum atomic E-state index is 12.9. The molecule has 0 heterocycles. The lowest BCUT2D eigenvalue weighted by Crippen LogP contribution is -2.46. The molecule has 0 saturated heterocycles. The van der Waals surface area contributed by atoms with E-state index in [4.69, 9.17) is 0 Å². The third-order valence-corrected chi connectivity index (χ3v) is 5.40. The number of nitrogens with one attached hydrogen (secondary N) is 2. The van der Waals surface area contributed by atoms with Crippen molar-refractivity contribution in [3.05, 3.63) is 65.5 Å². The molecule has 28 heavy (non-hydrogen) atoms. The van der Waals surface area contributed by atoms with Gasteiger partial charge >= 0.3 is 0 Å². The summed E-state index contributed by atoms with van der Waals surface area (Å²) in [5, 5.41) is 3.83. The quantitative estimate of drug-likeness (QED) is 0.523. The van der Waals surface area contributed by atoms with E-state index in [0.29, 0.717) is 12.0 Å². The van der Waals surface area contributed by atoms with Crippen LogP contribution in [0.5, 0.6) is 0 Å². The number of hydrogen-bond donors (Lipinski definition) is 2. The Morgan fingerprint density at radius 3 is 2.29 bits per heavy atom. The average molecular weight is 405 g/mol. The van der Waals surface area contributed by atoms with Crippen LogP contribution in [0.1, 0.15) is 31.4 Å². The number of sulfonamides is 1. The summed E-state index contributed by atoms with van der Waals surface area (Å²) in [4.78, 5) is 12.6. The average Bonchev–Trinajstić information content (AvgIpc) is 2.62. The molecule has 0 unspecified atom stereocenters. The van der Waals surface area contributed by atoms with Crippen molar-refractivity contribution < 1.29 is 17.6 Å². The van der Waals surface area contributed by atoms with Crippen LogP contribution in [0, 0.1) is 18.7 Å². The van der Waals surface area contributed by atoms with Crippen LogP contribution in [0.4, 0.5) is 4.39 Å². The van der Waals surface area contributed by atoms with Crippen LogP contribution in [-0.4, -0.2) is 26.6 Å².